The van der Waals surface area contributed by atoms with Crippen LogP contribution in [0.25, 0.3) is 0 Å². The van der Waals surface area contributed by atoms with Crippen molar-refractivity contribution in [3.05, 3.63) is 32.3 Å². The molecule has 0 aliphatic rings. The van der Waals surface area contributed by atoms with Crippen LogP contribution in [0.15, 0.2) is 12.1 Å². The molecular weight excluding hydrogens is 217 g/mol. The molecule has 0 atom stereocenters. The summed E-state index contributed by atoms with van der Waals surface area (Å²) in [5.74, 6) is 0.0967. The Balaban J connectivity index is 3.41. The van der Waals surface area contributed by atoms with Crippen LogP contribution in [0.5, 0.6) is 5.75 Å². The van der Waals surface area contributed by atoms with Gasteiger partial charge in [-0.25, -0.2) is 0 Å². The summed E-state index contributed by atoms with van der Waals surface area (Å²) in [5, 5.41) is 10.6. The predicted molar refractivity (Wildman–Crippen MR) is 49.7 cm³/mol. The third-order valence-electron chi connectivity index (χ3n) is 1.43. The first kappa shape index (κ1) is 10.1. The van der Waals surface area contributed by atoms with Gasteiger partial charge < -0.3 is 4.74 Å². The van der Waals surface area contributed by atoms with Crippen molar-refractivity contribution < 1.29 is 9.66 Å². The second-order valence-electron chi connectivity index (χ2n) is 2.17. The summed E-state index contributed by atoms with van der Waals surface area (Å²) in [6, 6.07) is 2.84. The van der Waals surface area contributed by atoms with E-state index < -0.39 is 4.92 Å². The fraction of sp³-hybridized carbons (Fsp3) is 0.143. The second kappa shape index (κ2) is 3.81. The number of ether oxygens (including phenoxy) is 1. The second-order valence-corrected chi connectivity index (χ2v) is 2.95. The van der Waals surface area contributed by atoms with E-state index in [1.165, 1.54) is 19.2 Å². The highest BCUT2D eigenvalue weighted by atomic mass is 35.5. The highest BCUT2D eigenvalue weighted by Crippen LogP contribution is 2.38. The molecule has 1 aromatic carbocycles. The molecule has 0 aromatic heterocycles. The first-order valence-corrected chi connectivity index (χ1v) is 4.00. The Kier molecular flexibility index (Phi) is 2.95. The van der Waals surface area contributed by atoms with Gasteiger partial charge in [-0.1, -0.05) is 23.2 Å². The molecule has 0 spiro atoms. The summed E-state index contributed by atoms with van der Waals surface area (Å²) < 4.78 is 4.76. The van der Waals surface area contributed by atoms with Gasteiger partial charge in [-0.15, -0.1) is 0 Å². The normalized spacial score (nSPS) is 9.77. The number of rotatable bonds is 2. The molecular formula is C7H5Cl2NO3. The van der Waals surface area contributed by atoms with E-state index in [-0.39, 0.29) is 21.5 Å². The Hall–Kier alpha value is -1.00. The standard InChI is InChI=1S/C7H5Cl2NO3/c1-13-5-3-2-4(8)6(9)7(5)10(11)12/h2-3H,1H3. The van der Waals surface area contributed by atoms with Gasteiger partial charge in [-0.05, 0) is 12.1 Å². The van der Waals surface area contributed by atoms with E-state index in [0.29, 0.717) is 0 Å². The molecule has 0 unspecified atom stereocenters. The van der Waals surface area contributed by atoms with Crippen LogP contribution in [0, 0.1) is 10.1 Å². The molecule has 0 fully saturated rings. The summed E-state index contributed by atoms with van der Waals surface area (Å²) >= 11 is 11.2. The minimum Gasteiger partial charge on any atom is -0.490 e. The van der Waals surface area contributed by atoms with Crippen molar-refractivity contribution in [1.29, 1.82) is 0 Å². The van der Waals surface area contributed by atoms with Crippen molar-refractivity contribution in [3.63, 3.8) is 0 Å². The lowest BCUT2D eigenvalue weighted by atomic mass is 10.3. The summed E-state index contributed by atoms with van der Waals surface area (Å²) in [5.41, 5.74) is -0.309. The summed E-state index contributed by atoms with van der Waals surface area (Å²) in [4.78, 5) is 9.90. The van der Waals surface area contributed by atoms with Crippen LogP contribution in [0.1, 0.15) is 0 Å². The molecule has 0 saturated heterocycles. The van der Waals surface area contributed by atoms with Crippen molar-refractivity contribution in [3.8, 4) is 5.75 Å². The van der Waals surface area contributed by atoms with Crippen LogP contribution in [0.3, 0.4) is 0 Å². The predicted octanol–water partition coefficient (Wildman–Crippen LogP) is 2.91. The zero-order valence-electron chi connectivity index (χ0n) is 6.58. The molecule has 0 bridgehead atoms. The summed E-state index contributed by atoms with van der Waals surface area (Å²) in [7, 11) is 1.33. The number of nitro groups is 1. The number of hydrogen-bond donors (Lipinski definition) is 0. The third kappa shape index (κ3) is 1.84. The lowest BCUT2D eigenvalue weighted by Gasteiger charge is -2.03. The fourth-order valence-electron chi connectivity index (χ4n) is 0.857. The average molecular weight is 222 g/mol. The molecule has 0 heterocycles. The van der Waals surface area contributed by atoms with Gasteiger partial charge in [0, 0.05) is 0 Å². The minimum absolute atomic E-state index is 0.0967. The average Bonchev–Trinajstić information content (AvgIpc) is 2.08. The Morgan fingerprint density at radius 2 is 2.08 bits per heavy atom. The lowest BCUT2D eigenvalue weighted by molar-refractivity contribution is -0.385. The summed E-state index contributed by atoms with van der Waals surface area (Å²) in [6.45, 7) is 0. The Morgan fingerprint density at radius 1 is 1.46 bits per heavy atom. The van der Waals surface area contributed by atoms with Gasteiger partial charge in [-0.2, -0.15) is 0 Å². The molecule has 4 nitrogen and oxygen atoms in total. The zero-order chi connectivity index (χ0) is 10.0. The van der Waals surface area contributed by atoms with E-state index in [4.69, 9.17) is 27.9 Å². The Bertz CT molecular complexity index is 354. The first-order valence-electron chi connectivity index (χ1n) is 3.24. The molecule has 0 saturated carbocycles. The topological polar surface area (TPSA) is 52.4 Å². The van der Waals surface area contributed by atoms with Crippen LogP contribution < -0.4 is 4.74 Å². The molecule has 70 valence electrons. The van der Waals surface area contributed by atoms with Gasteiger partial charge in [0.1, 0.15) is 5.02 Å². The number of nitro benzene ring substituents is 1. The van der Waals surface area contributed by atoms with Gasteiger partial charge in [0.15, 0.2) is 5.75 Å². The maximum atomic E-state index is 10.5. The molecule has 0 N–H and O–H groups in total. The molecule has 1 aromatic rings. The molecule has 13 heavy (non-hydrogen) atoms. The van der Waals surface area contributed by atoms with Crippen molar-refractivity contribution in [2.75, 3.05) is 7.11 Å². The van der Waals surface area contributed by atoms with E-state index in [1.807, 2.05) is 0 Å². The monoisotopic (exact) mass is 221 g/mol. The maximum Gasteiger partial charge on any atom is 0.330 e. The first-order chi connectivity index (χ1) is 6.07. The largest absolute Gasteiger partial charge is 0.490 e. The maximum absolute atomic E-state index is 10.5. The van der Waals surface area contributed by atoms with Crippen LogP contribution >= 0.6 is 23.2 Å². The lowest BCUT2D eigenvalue weighted by Crippen LogP contribution is -1.94. The van der Waals surface area contributed by atoms with Crippen molar-refractivity contribution in [2.45, 2.75) is 0 Å². The van der Waals surface area contributed by atoms with Gasteiger partial charge in [-0.3, -0.25) is 10.1 Å². The van der Waals surface area contributed by atoms with Crippen molar-refractivity contribution in [2.24, 2.45) is 0 Å². The quantitative estimate of drug-likeness (QED) is 0.570. The van der Waals surface area contributed by atoms with E-state index in [2.05, 4.69) is 0 Å². The van der Waals surface area contributed by atoms with Crippen molar-refractivity contribution in [1.82, 2.24) is 0 Å². The smallest absolute Gasteiger partial charge is 0.330 e. The number of benzene rings is 1. The van der Waals surface area contributed by atoms with E-state index in [0.717, 1.165) is 0 Å². The molecule has 0 aliphatic carbocycles. The molecule has 0 radical (unpaired) electrons. The van der Waals surface area contributed by atoms with Gasteiger partial charge in [0.25, 0.3) is 0 Å². The number of halogens is 2. The molecule has 1 rings (SSSR count). The molecule has 6 heteroatoms. The third-order valence-corrected chi connectivity index (χ3v) is 2.23. The zero-order valence-corrected chi connectivity index (χ0v) is 8.09. The van der Waals surface area contributed by atoms with Crippen LogP contribution in [-0.4, -0.2) is 12.0 Å². The highest BCUT2D eigenvalue weighted by Gasteiger charge is 2.21. The highest BCUT2D eigenvalue weighted by molar-refractivity contribution is 6.43. The van der Waals surface area contributed by atoms with Gasteiger partial charge in [0.2, 0.25) is 0 Å². The van der Waals surface area contributed by atoms with Crippen molar-refractivity contribution >= 4 is 28.9 Å². The van der Waals surface area contributed by atoms with Gasteiger partial charge in [0.05, 0.1) is 17.1 Å². The van der Waals surface area contributed by atoms with E-state index in [1.54, 1.807) is 0 Å². The van der Waals surface area contributed by atoms with Crippen LogP contribution in [-0.2, 0) is 0 Å². The minimum atomic E-state index is -0.632. The van der Waals surface area contributed by atoms with Gasteiger partial charge >= 0.3 is 5.69 Å². The van der Waals surface area contributed by atoms with Crippen LogP contribution in [0.4, 0.5) is 5.69 Å². The summed E-state index contributed by atoms with van der Waals surface area (Å²) in [6.07, 6.45) is 0. The van der Waals surface area contributed by atoms with E-state index in [9.17, 15) is 10.1 Å². The van der Waals surface area contributed by atoms with Crippen LogP contribution in [0.2, 0.25) is 10.0 Å². The number of methoxy groups -OCH3 is 1. The Morgan fingerprint density at radius 3 is 2.54 bits per heavy atom. The SMILES string of the molecule is COc1ccc(Cl)c(Cl)c1[N+](=O)[O-]. The van der Waals surface area contributed by atoms with E-state index >= 15 is 0 Å². The Labute approximate surface area is 84.2 Å². The molecule has 0 amide bonds. The molecule has 0 aliphatic heterocycles. The fourth-order valence-corrected chi connectivity index (χ4v) is 1.23. The number of hydrogen-bond acceptors (Lipinski definition) is 3. The number of nitrogens with zero attached hydrogens (tertiary/aromatic N) is 1.